The van der Waals surface area contributed by atoms with E-state index in [-0.39, 0.29) is 5.91 Å². The lowest BCUT2D eigenvalue weighted by atomic mass is 10.1. The van der Waals surface area contributed by atoms with Gasteiger partial charge in [0.25, 0.3) is 5.91 Å². The Morgan fingerprint density at radius 2 is 1.95 bits per heavy atom. The molecule has 0 bridgehead atoms. The van der Waals surface area contributed by atoms with Crippen molar-refractivity contribution < 1.29 is 4.79 Å². The summed E-state index contributed by atoms with van der Waals surface area (Å²) < 4.78 is 1.69. The number of amides is 1. The summed E-state index contributed by atoms with van der Waals surface area (Å²) in [7, 11) is 1.89. The van der Waals surface area contributed by atoms with E-state index >= 15 is 0 Å². The molecule has 1 amide bonds. The Bertz CT molecular complexity index is 629. The summed E-state index contributed by atoms with van der Waals surface area (Å²) in [5, 5.41) is 5.99. The van der Waals surface area contributed by atoms with Gasteiger partial charge in [-0.25, -0.2) is 0 Å². The predicted octanol–water partition coefficient (Wildman–Crippen LogP) is 4.18. The van der Waals surface area contributed by atoms with E-state index in [2.05, 4.69) is 42.5 Å². The first-order chi connectivity index (χ1) is 9.60. The SMILES string of the molecule is CNCc1cccc(NC(=O)c2ccc(Br)cc2Br)c1. The van der Waals surface area contributed by atoms with Gasteiger partial charge in [-0.15, -0.1) is 0 Å². The Hall–Kier alpha value is -1.17. The van der Waals surface area contributed by atoms with Gasteiger partial charge in [0.05, 0.1) is 5.56 Å². The van der Waals surface area contributed by atoms with Crippen LogP contribution in [0.2, 0.25) is 0 Å². The summed E-state index contributed by atoms with van der Waals surface area (Å²) in [6.45, 7) is 0.770. The number of halogens is 2. The highest BCUT2D eigenvalue weighted by molar-refractivity contribution is 9.11. The molecular weight excluding hydrogens is 384 g/mol. The predicted molar refractivity (Wildman–Crippen MR) is 89.0 cm³/mol. The van der Waals surface area contributed by atoms with E-state index in [4.69, 9.17) is 0 Å². The van der Waals surface area contributed by atoms with Crippen LogP contribution in [0.3, 0.4) is 0 Å². The number of carbonyl (C=O) groups is 1. The second kappa shape index (κ2) is 7.02. The lowest BCUT2D eigenvalue weighted by Gasteiger charge is -2.09. The first-order valence-corrected chi connectivity index (χ1v) is 7.68. The van der Waals surface area contributed by atoms with Crippen molar-refractivity contribution in [3.8, 4) is 0 Å². The normalized spacial score (nSPS) is 10.3. The van der Waals surface area contributed by atoms with Crippen molar-refractivity contribution in [2.75, 3.05) is 12.4 Å². The fourth-order valence-electron chi connectivity index (χ4n) is 1.84. The van der Waals surface area contributed by atoms with E-state index in [1.54, 1.807) is 6.07 Å². The number of rotatable bonds is 4. The van der Waals surface area contributed by atoms with Crippen LogP contribution in [-0.4, -0.2) is 13.0 Å². The Labute approximate surface area is 135 Å². The van der Waals surface area contributed by atoms with E-state index in [1.807, 2.05) is 43.4 Å². The molecule has 0 unspecified atom stereocenters. The van der Waals surface area contributed by atoms with Crippen LogP contribution in [-0.2, 0) is 6.54 Å². The van der Waals surface area contributed by atoms with Crippen molar-refractivity contribution in [1.82, 2.24) is 5.32 Å². The molecule has 3 nitrogen and oxygen atoms in total. The van der Waals surface area contributed by atoms with Crippen LogP contribution in [0, 0.1) is 0 Å². The monoisotopic (exact) mass is 396 g/mol. The molecule has 0 aromatic heterocycles. The molecular formula is C15H14Br2N2O. The smallest absolute Gasteiger partial charge is 0.256 e. The molecule has 0 heterocycles. The van der Waals surface area contributed by atoms with Crippen molar-refractivity contribution in [1.29, 1.82) is 0 Å². The molecule has 0 saturated carbocycles. The number of benzene rings is 2. The fourth-order valence-corrected chi connectivity index (χ4v) is 3.06. The van der Waals surface area contributed by atoms with Crippen LogP contribution in [0.15, 0.2) is 51.4 Å². The second-order valence-electron chi connectivity index (χ2n) is 4.31. The quantitative estimate of drug-likeness (QED) is 0.812. The highest BCUT2D eigenvalue weighted by Gasteiger charge is 2.10. The number of hydrogen-bond donors (Lipinski definition) is 2. The maximum Gasteiger partial charge on any atom is 0.256 e. The van der Waals surface area contributed by atoms with E-state index in [0.717, 1.165) is 26.7 Å². The lowest BCUT2D eigenvalue weighted by Crippen LogP contribution is -2.13. The summed E-state index contributed by atoms with van der Waals surface area (Å²) in [6, 6.07) is 13.3. The molecule has 2 aromatic rings. The Morgan fingerprint density at radius 1 is 1.15 bits per heavy atom. The minimum absolute atomic E-state index is 0.133. The molecule has 104 valence electrons. The highest BCUT2D eigenvalue weighted by Crippen LogP contribution is 2.23. The third-order valence-electron chi connectivity index (χ3n) is 2.74. The van der Waals surface area contributed by atoms with Gasteiger partial charge in [0.2, 0.25) is 0 Å². The van der Waals surface area contributed by atoms with Crippen LogP contribution in [0.4, 0.5) is 5.69 Å². The maximum absolute atomic E-state index is 12.2. The second-order valence-corrected chi connectivity index (χ2v) is 6.08. The Morgan fingerprint density at radius 3 is 2.65 bits per heavy atom. The fraction of sp³-hybridized carbons (Fsp3) is 0.133. The molecule has 0 aliphatic heterocycles. The van der Waals surface area contributed by atoms with E-state index in [1.165, 1.54) is 0 Å². The van der Waals surface area contributed by atoms with Crippen LogP contribution < -0.4 is 10.6 Å². The standard InChI is InChI=1S/C15H14Br2N2O/c1-18-9-10-3-2-4-12(7-10)19-15(20)13-6-5-11(16)8-14(13)17/h2-8,18H,9H2,1H3,(H,19,20). The molecule has 0 aliphatic carbocycles. The van der Waals surface area contributed by atoms with Crippen LogP contribution in [0.25, 0.3) is 0 Å². The summed E-state index contributed by atoms with van der Waals surface area (Å²) in [5.41, 5.74) is 2.52. The minimum atomic E-state index is -0.133. The maximum atomic E-state index is 12.2. The summed E-state index contributed by atoms with van der Waals surface area (Å²) >= 11 is 6.77. The van der Waals surface area contributed by atoms with Crippen molar-refractivity contribution >= 4 is 43.5 Å². The van der Waals surface area contributed by atoms with Gasteiger partial charge < -0.3 is 10.6 Å². The first-order valence-electron chi connectivity index (χ1n) is 6.10. The molecule has 0 aliphatic rings. The molecule has 2 N–H and O–H groups in total. The van der Waals surface area contributed by atoms with Gasteiger partial charge in [-0.05, 0) is 58.9 Å². The van der Waals surface area contributed by atoms with Gasteiger partial charge in [-0.2, -0.15) is 0 Å². The first kappa shape index (κ1) is 15.2. The minimum Gasteiger partial charge on any atom is -0.322 e. The highest BCUT2D eigenvalue weighted by atomic mass is 79.9. The van der Waals surface area contributed by atoms with Gasteiger partial charge in [-0.1, -0.05) is 28.1 Å². The molecule has 0 atom stereocenters. The van der Waals surface area contributed by atoms with Gasteiger partial charge in [0.15, 0.2) is 0 Å². The van der Waals surface area contributed by atoms with Crippen LogP contribution in [0.5, 0.6) is 0 Å². The third-order valence-corrected chi connectivity index (χ3v) is 3.89. The molecule has 2 aromatic carbocycles. The van der Waals surface area contributed by atoms with E-state index in [9.17, 15) is 4.79 Å². The zero-order valence-electron chi connectivity index (χ0n) is 10.9. The number of carbonyl (C=O) groups excluding carboxylic acids is 1. The number of hydrogen-bond acceptors (Lipinski definition) is 2. The topological polar surface area (TPSA) is 41.1 Å². The van der Waals surface area contributed by atoms with Crippen LogP contribution >= 0.6 is 31.9 Å². The molecule has 0 radical (unpaired) electrons. The zero-order valence-corrected chi connectivity index (χ0v) is 14.1. The van der Waals surface area contributed by atoms with Gasteiger partial charge in [0, 0.05) is 21.2 Å². The zero-order chi connectivity index (χ0) is 14.5. The summed E-state index contributed by atoms with van der Waals surface area (Å²) in [5.74, 6) is -0.133. The van der Waals surface area contributed by atoms with Gasteiger partial charge in [0.1, 0.15) is 0 Å². The van der Waals surface area contributed by atoms with Crippen molar-refractivity contribution in [3.63, 3.8) is 0 Å². The van der Waals surface area contributed by atoms with Crippen molar-refractivity contribution in [3.05, 3.63) is 62.5 Å². The average molecular weight is 398 g/mol. The lowest BCUT2D eigenvalue weighted by molar-refractivity contribution is 0.102. The Kier molecular flexibility index (Phi) is 5.34. The molecule has 2 rings (SSSR count). The Balaban J connectivity index is 2.17. The average Bonchev–Trinajstić information content (AvgIpc) is 2.39. The van der Waals surface area contributed by atoms with Gasteiger partial charge in [-0.3, -0.25) is 4.79 Å². The van der Waals surface area contributed by atoms with Crippen molar-refractivity contribution in [2.24, 2.45) is 0 Å². The molecule has 0 spiro atoms. The third kappa shape index (κ3) is 3.91. The van der Waals surface area contributed by atoms with Gasteiger partial charge >= 0.3 is 0 Å². The largest absolute Gasteiger partial charge is 0.322 e. The van der Waals surface area contributed by atoms with Crippen molar-refractivity contribution in [2.45, 2.75) is 6.54 Å². The molecule has 5 heteroatoms. The number of anilines is 1. The molecule has 0 saturated heterocycles. The van der Waals surface area contributed by atoms with Crippen LogP contribution in [0.1, 0.15) is 15.9 Å². The van der Waals surface area contributed by atoms with E-state index in [0.29, 0.717) is 5.56 Å². The number of nitrogens with one attached hydrogen (secondary N) is 2. The molecule has 20 heavy (non-hydrogen) atoms. The summed E-state index contributed by atoms with van der Waals surface area (Å²) in [6.07, 6.45) is 0. The van der Waals surface area contributed by atoms with E-state index < -0.39 is 0 Å². The summed E-state index contributed by atoms with van der Waals surface area (Å²) in [4.78, 5) is 12.2. The molecule has 0 fully saturated rings.